The fourth-order valence-electron chi connectivity index (χ4n) is 4.29. The molecule has 1 N–H and O–H groups in total. The molecule has 6 nitrogen and oxygen atoms in total. The molecule has 2 aliphatic rings. The summed E-state index contributed by atoms with van der Waals surface area (Å²) in [5.74, 6) is 0.801. The Morgan fingerprint density at radius 3 is 2.52 bits per heavy atom. The maximum atomic E-state index is 12.8. The Kier molecular flexibility index (Phi) is 5.26. The van der Waals surface area contributed by atoms with Gasteiger partial charge in [0.1, 0.15) is 5.82 Å². The number of carbonyl (C=O) groups excluding carboxylic acids is 2. The van der Waals surface area contributed by atoms with Crippen LogP contribution in [0.4, 0.5) is 5.82 Å². The van der Waals surface area contributed by atoms with Crippen molar-refractivity contribution in [1.82, 2.24) is 14.8 Å². The lowest BCUT2D eigenvalue weighted by molar-refractivity contribution is -0.129. The van der Waals surface area contributed by atoms with Crippen molar-refractivity contribution in [2.45, 2.75) is 44.2 Å². The number of likely N-dealkylation sites (N-methyl/N-ethyl adjacent to an activating group) is 1. The highest BCUT2D eigenvalue weighted by Crippen LogP contribution is 2.43. The van der Waals surface area contributed by atoms with Crippen molar-refractivity contribution >= 4 is 17.6 Å². The summed E-state index contributed by atoms with van der Waals surface area (Å²) in [6.07, 6.45) is 5.83. The minimum atomic E-state index is -0.0563. The Morgan fingerprint density at radius 1 is 1.17 bits per heavy atom. The van der Waals surface area contributed by atoms with E-state index < -0.39 is 0 Å². The number of hydrogen-bond acceptors (Lipinski definition) is 4. The van der Waals surface area contributed by atoms with Gasteiger partial charge in [-0.3, -0.25) is 9.59 Å². The van der Waals surface area contributed by atoms with E-state index in [0.29, 0.717) is 18.7 Å². The highest BCUT2D eigenvalue weighted by atomic mass is 16.2. The van der Waals surface area contributed by atoms with Gasteiger partial charge in [-0.2, -0.15) is 0 Å². The lowest BCUT2D eigenvalue weighted by atomic mass is 9.72. The topological polar surface area (TPSA) is 65.5 Å². The smallest absolute Gasteiger partial charge is 0.255 e. The quantitative estimate of drug-likeness (QED) is 0.848. The van der Waals surface area contributed by atoms with E-state index in [4.69, 9.17) is 0 Å². The van der Waals surface area contributed by atoms with E-state index in [9.17, 15) is 9.59 Å². The normalized spacial score (nSPS) is 20.1. The summed E-state index contributed by atoms with van der Waals surface area (Å²) in [7, 11) is 1.80. The van der Waals surface area contributed by atoms with Crippen molar-refractivity contribution in [3.63, 3.8) is 0 Å². The van der Waals surface area contributed by atoms with Crippen LogP contribution in [0.15, 0.2) is 48.7 Å². The summed E-state index contributed by atoms with van der Waals surface area (Å²) in [6.45, 7) is 2.80. The van der Waals surface area contributed by atoms with Crippen molar-refractivity contribution in [2.75, 3.05) is 25.5 Å². The molecular weight excluding hydrogens is 364 g/mol. The predicted molar refractivity (Wildman–Crippen MR) is 113 cm³/mol. The summed E-state index contributed by atoms with van der Waals surface area (Å²) >= 11 is 0. The lowest BCUT2D eigenvalue weighted by Gasteiger charge is -2.43. The number of aromatic nitrogens is 1. The Labute approximate surface area is 171 Å². The molecule has 1 aromatic carbocycles. The molecule has 2 fully saturated rings. The molecule has 1 aromatic heterocycles. The van der Waals surface area contributed by atoms with E-state index in [1.807, 2.05) is 23.1 Å². The molecule has 1 saturated heterocycles. The van der Waals surface area contributed by atoms with Crippen LogP contribution in [-0.4, -0.2) is 52.8 Å². The maximum absolute atomic E-state index is 12.8. The molecule has 1 aliphatic carbocycles. The second-order valence-electron chi connectivity index (χ2n) is 8.18. The molecule has 0 radical (unpaired) electrons. The highest BCUT2D eigenvalue weighted by Gasteiger charge is 2.38. The lowest BCUT2D eigenvalue weighted by Crippen LogP contribution is -2.42. The zero-order chi connectivity index (χ0) is 20.4. The van der Waals surface area contributed by atoms with Crippen molar-refractivity contribution in [2.24, 2.45) is 0 Å². The zero-order valence-electron chi connectivity index (χ0n) is 17.1. The van der Waals surface area contributed by atoms with Crippen LogP contribution in [0.2, 0.25) is 0 Å². The highest BCUT2D eigenvalue weighted by molar-refractivity contribution is 5.94. The first kappa shape index (κ1) is 19.4. The number of pyridine rings is 1. The largest absolute Gasteiger partial charge is 0.361 e. The van der Waals surface area contributed by atoms with E-state index in [-0.39, 0.29) is 23.4 Å². The summed E-state index contributed by atoms with van der Waals surface area (Å²) in [6, 6.07) is 14.3. The third-order valence-corrected chi connectivity index (χ3v) is 6.41. The molecular formula is C23H28N4O2. The summed E-state index contributed by atoms with van der Waals surface area (Å²) in [4.78, 5) is 32.5. The van der Waals surface area contributed by atoms with Gasteiger partial charge in [0.25, 0.3) is 5.91 Å². The SMILES string of the molecule is CC(=O)N(C)[C@H]1CCN(C(=O)c2ccc(NC3(c4ccccc4)CCC3)nc2)C1. The van der Waals surface area contributed by atoms with Gasteiger partial charge >= 0.3 is 0 Å². The second-order valence-corrected chi connectivity index (χ2v) is 8.18. The molecule has 2 amide bonds. The minimum Gasteiger partial charge on any atom is -0.361 e. The fourth-order valence-corrected chi connectivity index (χ4v) is 4.29. The molecule has 0 bridgehead atoms. The molecule has 0 unspecified atom stereocenters. The average Bonchev–Trinajstić information content (AvgIpc) is 3.21. The molecule has 1 saturated carbocycles. The molecule has 1 aliphatic heterocycles. The zero-order valence-corrected chi connectivity index (χ0v) is 17.1. The molecule has 152 valence electrons. The second kappa shape index (κ2) is 7.85. The predicted octanol–water partition coefficient (Wildman–Crippen LogP) is 3.27. The van der Waals surface area contributed by atoms with Crippen LogP contribution < -0.4 is 5.32 Å². The van der Waals surface area contributed by atoms with E-state index in [1.165, 1.54) is 12.0 Å². The number of nitrogens with one attached hydrogen (secondary N) is 1. The van der Waals surface area contributed by atoms with Crippen LogP contribution in [0, 0.1) is 0 Å². The number of nitrogens with zero attached hydrogens (tertiary/aromatic N) is 3. The third-order valence-electron chi connectivity index (χ3n) is 6.41. The van der Waals surface area contributed by atoms with Gasteiger partial charge < -0.3 is 15.1 Å². The Hall–Kier alpha value is -2.89. The Bertz CT molecular complexity index is 878. The molecule has 0 spiro atoms. The van der Waals surface area contributed by atoms with Crippen LogP contribution in [0.25, 0.3) is 0 Å². The monoisotopic (exact) mass is 392 g/mol. The van der Waals surface area contributed by atoms with Crippen molar-refractivity contribution < 1.29 is 9.59 Å². The molecule has 6 heteroatoms. The first-order valence-electron chi connectivity index (χ1n) is 10.3. The third kappa shape index (κ3) is 3.84. The van der Waals surface area contributed by atoms with Crippen LogP contribution >= 0.6 is 0 Å². The van der Waals surface area contributed by atoms with Crippen LogP contribution in [0.1, 0.15) is 48.5 Å². The van der Waals surface area contributed by atoms with Gasteiger partial charge in [0.15, 0.2) is 0 Å². The van der Waals surface area contributed by atoms with Crippen molar-refractivity contribution in [3.8, 4) is 0 Å². The van der Waals surface area contributed by atoms with E-state index in [1.54, 1.807) is 25.1 Å². The summed E-state index contributed by atoms with van der Waals surface area (Å²) in [5, 5.41) is 3.60. The van der Waals surface area contributed by atoms with Gasteiger partial charge in [-0.25, -0.2) is 4.98 Å². The number of likely N-dealkylation sites (tertiary alicyclic amines) is 1. The van der Waals surface area contributed by atoms with Gasteiger partial charge in [-0.05, 0) is 43.4 Å². The van der Waals surface area contributed by atoms with Gasteiger partial charge in [-0.1, -0.05) is 30.3 Å². The number of carbonyl (C=O) groups is 2. The average molecular weight is 393 g/mol. The van der Waals surface area contributed by atoms with Gasteiger partial charge in [0.2, 0.25) is 5.91 Å². The number of rotatable bonds is 5. The maximum Gasteiger partial charge on any atom is 0.255 e. The standard InChI is InChI=1S/C23H28N4O2/c1-17(28)26(2)20-11-14-27(16-20)22(29)18-9-10-21(24-15-18)25-23(12-6-13-23)19-7-4-3-5-8-19/h3-5,7-10,15,20H,6,11-14,16H2,1-2H3,(H,24,25)/t20-/m0/s1. The first-order chi connectivity index (χ1) is 14.0. The van der Waals surface area contributed by atoms with Crippen LogP contribution in [0.5, 0.6) is 0 Å². The van der Waals surface area contributed by atoms with Gasteiger partial charge in [0.05, 0.1) is 17.1 Å². The summed E-state index contributed by atoms with van der Waals surface area (Å²) in [5.41, 5.74) is 1.81. The van der Waals surface area contributed by atoms with Gasteiger partial charge in [0, 0.05) is 33.3 Å². The number of hydrogen-bond donors (Lipinski definition) is 1. The van der Waals surface area contributed by atoms with E-state index in [0.717, 1.165) is 25.1 Å². The van der Waals surface area contributed by atoms with E-state index >= 15 is 0 Å². The fraction of sp³-hybridized carbons (Fsp3) is 0.435. The van der Waals surface area contributed by atoms with Crippen LogP contribution in [0.3, 0.4) is 0 Å². The minimum absolute atomic E-state index is 0.0232. The summed E-state index contributed by atoms with van der Waals surface area (Å²) < 4.78 is 0. The van der Waals surface area contributed by atoms with Crippen molar-refractivity contribution in [1.29, 1.82) is 0 Å². The van der Waals surface area contributed by atoms with Crippen LogP contribution in [-0.2, 0) is 10.3 Å². The molecule has 29 heavy (non-hydrogen) atoms. The first-order valence-corrected chi connectivity index (χ1v) is 10.3. The molecule has 2 heterocycles. The molecule has 1 atom stereocenters. The Morgan fingerprint density at radius 2 is 1.93 bits per heavy atom. The Balaban J connectivity index is 1.42. The van der Waals surface area contributed by atoms with Gasteiger partial charge in [-0.15, -0.1) is 0 Å². The number of benzene rings is 1. The number of amides is 2. The molecule has 4 rings (SSSR count). The van der Waals surface area contributed by atoms with E-state index in [2.05, 4.69) is 34.6 Å². The number of anilines is 1. The molecule has 2 aromatic rings. The van der Waals surface area contributed by atoms with Crippen molar-refractivity contribution in [3.05, 3.63) is 59.8 Å².